The summed E-state index contributed by atoms with van der Waals surface area (Å²) in [5.74, 6) is 2.03. The van der Waals surface area contributed by atoms with Crippen molar-refractivity contribution in [3.05, 3.63) is 37.4 Å². The Morgan fingerprint density at radius 3 is 1.18 bits per heavy atom. The van der Waals surface area contributed by atoms with Crippen molar-refractivity contribution < 1.29 is 59.5 Å². The fraction of sp³-hybridized carbons (Fsp3) is 0.438. The summed E-state index contributed by atoms with van der Waals surface area (Å²) in [4.78, 5) is 16.3. The van der Waals surface area contributed by atoms with E-state index in [1.807, 2.05) is 69.8 Å². The van der Waals surface area contributed by atoms with Crippen molar-refractivity contribution in [2.75, 3.05) is 18.0 Å². The van der Waals surface area contributed by atoms with Gasteiger partial charge in [0, 0.05) is 13.1 Å². The number of imidazole rings is 2. The Hall–Kier alpha value is -2.75. The van der Waals surface area contributed by atoms with Gasteiger partial charge in [-0.3, -0.25) is 0 Å². The number of aromatic nitrogens is 7. The molecule has 8 nitrogen and oxygen atoms in total. The summed E-state index contributed by atoms with van der Waals surface area (Å²) in [7, 11) is -17.4. The van der Waals surface area contributed by atoms with Crippen LogP contribution in [-0.2, 0) is 14.1 Å². The van der Waals surface area contributed by atoms with Crippen LogP contribution >= 0.6 is 15.6 Å². The molecule has 0 unspecified atom stereocenters. The average molecular weight is 616 g/mol. The Morgan fingerprint density at radius 2 is 0.895 bits per heavy atom. The van der Waals surface area contributed by atoms with Crippen LogP contribution in [0.3, 0.4) is 0 Å². The van der Waals surface area contributed by atoms with E-state index in [1.54, 1.807) is 0 Å². The van der Waals surface area contributed by atoms with Gasteiger partial charge in [0.05, 0.1) is 14.1 Å². The van der Waals surface area contributed by atoms with E-state index in [1.165, 1.54) is 19.3 Å². The molecule has 0 aromatic carbocycles. The molecule has 0 spiro atoms. The first-order valence-electron chi connectivity index (χ1n) is 10.3. The fourth-order valence-electron chi connectivity index (χ4n) is 2.95. The molecule has 4 rings (SSSR count). The summed E-state index contributed by atoms with van der Waals surface area (Å²) in [6, 6.07) is 0. The maximum atomic E-state index is 9.87. The van der Waals surface area contributed by atoms with Gasteiger partial charge in [0.25, 0.3) is 12.7 Å². The van der Waals surface area contributed by atoms with Crippen LogP contribution in [0.1, 0.15) is 19.3 Å². The van der Waals surface area contributed by atoms with Gasteiger partial charge in [0.15, 0.2) is 0 Å². The number of hydrogen-bond donors (Lipinski definition) is 0. The molecule has 0 radical (unpaired) electrons. The van der Waals surface area contributed by atoms with Gasteiger partial charge in [-0.2, -0.15) is 19.1 Å². The molecular weight excluding hydrogens is 594 g/mol. The predicted octanol–water partition coefficient (Wildman–Crippen LogP) is 6.86. The Labute approximate surface area is 206 Å². The van der Waals surface area contributed by atoms with E-state index in [4.69, 9.17) is 9.97 Å². The zero-order valence-corrected chi connectivity index (χ0v) is 21.3. The summed E-state index contributed by atoms with van der Waals surface area (Å²) in [5.41, 5.74) is 0. The third-order valence-electron chi connectivity index (χ3n) is 4.24. The van der Waals surface area contributed by atoms with E-state index < -0.39 is 15.6 Å². The van der Waals surface area contributed by atoms with Crippen molar-refractivity contribution in [1.29, 1.82) is 0 Å². The molecule has 1 saturated heterocycles. The molecule has 0 saturated carbocycles. The molecule has 4 heterocycles. The molecule has 1 fully saturated rings. The molecule has 0 bridgehead atoms. The molecular formula is C16H22F12N8P2. The second-order valence-corrected chi connectivity index (χ2v) is 12.0. The Balaban J connectivity index is 0.000000301. The fourth-order valence-corrected chi connectivity index (χ4v) is 2.95. The molecule has 220 valence electrons. The second-order valence-electron chi connectivity index (χ2n) is 8.17. The van der Waals surface area contributed by atoms with Crippen LogP contribution < -0.4 is 14.0 Å². The third kappa shape index (κ3) is 15.5. The van der Waals surface area contributed by atoms with Crippen LogP contribution in [0.25, 0.3) is 11.9 Å². The monoisotopic (exact) mass is 616 g/mol. The normalized spacial score (nSPS) is 18.0. The molecule has 0 atom stereocenters. The SMILES string of the molecule is C[n+]1ccn(-c2nc(N3CCCCC3)nc(-n3cc[n+](C)c3)n2)c1.F[P-](F)(F)(F)(F)F.F[P-](F)(F)(F)(F)F. The van der Waals surface area contributed by atoms with Crippen LogP contribution in [-0.4, -0.2) is 37.2 Å². The van der Waals surface area contributed by atoms with E-state index in [0.29, 0.717) is 11.9 Å². The van der Waals surface area contributed by atoms with Crippen molar-refractivity contribution >= 4 is 21.6 Å². The number of hydrogen-bond acceptors (Lipinski definition) is 4. The standard InChI is InChI=1S/C16H22N8.2F6P/c1-20-8-10-23(12-20)15-17-14(22-6-4-3-5-7-22)18-16(19-15)24-11-9-21(2)13-24;2*1-7(2,3,4,5)6/h8-13H,3-7H2,1-2H3;;/q+2;2*-1. The van der Waals surface area contributed by atoms with Crippen molar-refractivity contribution in [3.63, 3.8) is 0 Å². The van der Waals surface area contributed by atoms with Crippen LogP contribution in [0.4, 0.5) is 56.3 Å². The van der Waals surface area contributed by atoms with Gasteiger partial charge in [0.1, 0.15) is 24.8 Å². The van der Waals surface area contributed by atoms with E-state index in [9.17, 15) is 50.4 Å². The summed E-state index contributed by atoms with van der Waals surface area (Å²) in [5, 5.41) is 0. The van der Waals surface area contributed by atoms with E-state index >= 15 is 0 Å². The Kier molecular flexibility index (Phi) is 7.36. The number of piperidine rings is 1. The van der Waals surface area contributed by atoms with Gasteiger partial charge in [-0.25, -0.2) is 9.13 Å². The Bertz CT molecular complexity index is 1150. The van der Waals surface area contributed by atoms with Gasteiger partial charge < -0.3 is 4.90 Å². The first-order chi connectivity index (χ1) is 16.6. The quantitative estimate of drug-likeness (QED) is 0.184. The molecule has 3 aromatic heterocycles. The first-order valence-corrected chi connectivity index (χ1v) is 14.4. The number of aryl methyl sites for hydroxylation is 2. The molecule has 0 aliphatic carbocycles. The van der Waals surface area contributed by atoms with Crippen LogP contribution in [0, 0.1) is 0 Å². The zero-order valence-electron chi connectivity index (χ0n) is 19.5. The summed E-state index contributed by atoms with van der Waals surface area (Å²) >= 11 is 0. The average Bonchev–Trinajstić information content (AvgIpc) is 3.32. The number of anilines is 1. The number of nitrogens with zero attached hydrogens (tertiary/aromatic N) is 8. The van der Waals surface area contributed by atoms with Crippen molar-refractivity contribution in [2.24, 2.45) is 14.1 Å². The number of halogens is 12. The maximum absolute atomic E-state index is 10.7. The van der Waals surface area contributed by atoms with Crippen molar-refractivity contribution in [3.8, 4) is 11.9 Å². The van der Waals surface area contributed by atoms with Crippen LogP contribution in [0.2, 0.25) is 0 Å². The summed E-state index contributed by atoms with van der Waals surface area (Å²) < 4.78 is 126. The number of rotatable bonds is 3. The topological polar surface area (TPSA) is 59.5 Å². The van der Waals surface area contributed by atoms with E-state index in [-0.39, 0.29) is 0 Å². The van der Waals surface area contributed by atoms with Gasteiger partial charge in [-0.15, -0.1) is 4.98 Å². The summed E-state index contributed by atoms with van der Waals surface area (Å²) in [6.07, 6.45) is 15.4. The molecule has 3 aromatic rings. The molecule has 22 heteroatoms. The molecule has 0 N–H and O–H groups in total. The van der Waals surface area contributed by atoms with Gasteiger partial charge in [-0.1, -0.05) is 0 Å². The van der Waals surface area contributed by atoms with Gasteiger partial charge in [0.2, 0.25) is 5.95 Å². The zero-order chi connectivity index (χ0) is 29.3. The Morgan fingerprint density at radius 1 is 0.579 bits per heavy atom. The second kappa shape index (κ2) is 8.89. The minimum absolute atomic E-state index is 0.637. The molecule has 0 amide bonds. The van der Waals surface area contributed by atoms with E-state index in [0.717, 1.165) is 19.0 Å². The molecule has 1 aliphatic heterocycles. The van der Waals surface area contributed by atoms with Crippen molar-refractivity contribution in [2.45, 2.75) is 19.3 Å². The third-order valence-corrected chi connectivity index (χ3v) is 4.24. The molecule has 38 heavy (non-hydrogen) atoms. The van der Waals surface area contributed by atoms with Crippen LogP contribution in [0.5, 0.6) is 0 Å². The first kappa shape index (κ1) is 31.5. The molecule has 1 aliphatic rings. The summed E-state index contributed by atoms with van der Waals surface area (Å²) in [6.45, 7) is 2.00. The van der Waals surface area contributed by atoms with Crippen LogP contribution in [0.15, 0.2) is 37.4 Å². The predicted molar refractivity (Wildman–Crippen MR) is 114 cm³/mol. The van der Waals surface area contributed by atoms with Crippen molar-refractivity contribution in [1.82, 2.24) is 24.1 Å². The van der Waals surface area contributed by atoms with E-state index in [2.05, 4.69) is 9.88 Å². The van der Waals surface area contributed by atoms with Gasteiger partial charge in [-0.05, 0) is 19.3 Å². The van der Waals surface area contributed by atoms with Gasteiger partial charge >= 0.3 is 77.9 Å². The minimum atomic E-state index is -10.7.